The molecule has 31 heavy (non-hydrogen) atoms. The van der Waals surface area contributed by atoms with Gasteiger partial charge in [0.05, 0.1) is 24.6 Å². The van der Waals surface area contributed by atoms with Gasteiger partial charge in [0.2, 0.25) is 15.9 Å². The SMILES string of the molecule is COc1ccc(S(=O)(=O)N(C)CC(=O)NC(c2ccccc2)c2ccccc2)cc1C. The lowest BCUT2D eigenvalue weighted by molar-refractivity contribution is -0.121. The normalized spacial score (nSPS) is 11.5. The van der Waals surface area contributed by atoms with E-state index in [0.29, 0.717) is 11.3 Å². The fourth-order valence-corrected chi connectivity index (χ4v) is 4.55. The zero-order chi connectivity index (χ0) is 22.4. The number of ether oxygens (including phenoxy) is 1. The molecule has 0 fully saturated rings. The quantitative estimate of drug-likeness (QED) is 0.584. The third-order valence-corrected chi connectivity index (χ3v) is 6.81. The maximum absolute atomic E-state index is 13.0. The van der Waals surface area contributed by atoms with E-state index in [0.717, 1.165) is 15.4 Å². The van der Waals surface area contributed by atoms with Crippen LogP contribution in [-0.4, -0.2) is 39.3 Å². The molecular formula is C24H26N2O4S. The van der Waals surface area contributed by atoms with Gasteiger partial charge in [0.25, 0.3) is 0 Å². The Bertz CT molecular complexity index is 1090. The number of carbonyl (C=O) groups excluding carboxylic acids is 1. The van der Waals surface area contributed by atoms with Crippen molar-refractivity contribution in [2.45, 2.75) is 17.9 Å². The van der Waals surface area contributed by atoms with Crippen molar-refractivity contribution in [2.75, 3.05) is 20.7 Å². The number of benzene rings is 3. The Morgan fingerprint density at radius 1 is 0.968 bits per heavy atom. The zero-order valence-corrected chi connectivity index (χ0v) is 18.6. The molecule has 6 nitrogen and oxygen atoms in total. The van der Waals surface area contributed by atoms with E-state index in [1.165, 1.54) is 20.2 Å². The van der Waals surface area contributed by atoms with Gasteiger partial charge in [-0.25, -0.2) is 8.42 Å². The topological polar surface area (TPSA) is 75.7 Å². The average Bonchev–Trinajstić information content (AvgIpc) is 2.78. The van der Waals surface area contributed by atoms with Crippen LogP contribution in [0.25, 0.3) is 0 Å². The molecule has 0 heterocycles. The highest BCUT2D eigenvalue weighted by Crippen LogP contribution is 2.24. The first-order chi connectivity index (χ1) is 14.8. The van der Waals surface area contributed by atoms with Crippen LogP contribution in [0, 0.1) is 6.92 Å². The van der Waals surface area contributed by atoms with Crippen molar-refractivity contribution in [3.8, 4) is 5.75 Å². The number of nitrogens with zero attached hydrogens (tertiary/aromatic N) is 1. The van der Waals surface area contributed by atoms with E-state index in [1.807, 2.05) is 60.7 Å². The molecule has 0 aromatic heterocycles. The summed E-state index contributed by atoms with van der Waals surface area (Å²) in [7, 11) is -0.902. The molecule has 7 heteroatoms. The molecule has 162 valence electrons. The molecule has 0 saturated carbocycles. The fourth-order valence-electron chi connectivity index (χ4n) is 3.34. The standard InChI is InChI=1S/C24H26N2O4S/c1-18-16-21(14-15-22(18)30-3)31(28,29)26(2)17-23(27)25-24(19-10-6-4-7-11-19)20-12-8-5-9-13-20/h4-16,24H,17H2,1-3H3,(H,25,27). The molecule has 1 amide bonds. The lowest BCUT2D eigenvalue weighted by Crippen LogP contribution is -2.40. The summed E-state index contributed by atoms with van der Waals surface area (Å²) in [5, 5.41) is 2.97. The largest absolute Gasteiger partial charge is 0.496 e. The van der Waals surface area contributed by atoms with Gasteiger partial charge in [-0.3, -0.25) is 4.79 Å². The van der Waals surface area contributed by atoms with Gasteiger partial charge in [-0.05, 0) is 41.8 Å². The number of amides is 1. The summed E-state index contributed by atoms with van der Waals surface area (Å²) in [4.78, 5) is 12.9. The Kier molecular flexibility index (Phi) is 7.09. The van der Waals surface area contributed by atoms with E-state index in [-0.39, 0.29) is 17.5 Å². The second-order valence-electron chi connectivity index (χ2n) is 7.21. The zero-order valence-electron chi connectivity index (χ0n) is 17.8. The minimum Gasteiger partial charge on any atom is -0.496 e. The van der Waals surface area contributed by atoms with Crippen LogP contribution in [0.5, 0.6) is 5.75 Å². The van der Waals surface area contributed by atoms with E-state index < -0.39 is 15.9 Å². The van der Waals surface area contributed by atoms with Gasteiger partial charge in [0, 0.05) is 7.05 Å². The maximum Gasteiger partial charge on any atom is 0.243 e. The number of nitrogens with one attached hydrogen (secondary N) is 1. The van der Waals surface area contributed by atoms with Crippen LogP contribution < -0.4 is 10.1 Å². The first-order valence-electron chi connectivity index (χ1n) is 9.83. The number of hydrogen-bond acceptors (Lipinski definition) is 4. The van der Waals surface area contributed by atoms with Crippen molar-refractivity contribution in [3.63, 3.8) is 0 Å². The summed E-state index contributed by atoms with van der Waals surface area (Å²) >= 11 is 0. The molecular weight excluding hydrogens is 412 g/mol. The number of methoxy groups -OCH3 is 1. The van der Waals surface area contributed by atoms with Crippen LogP contribution in [0.2, 0.25) is 0 Å². The Hall–Kier alpha value is -3.16. The van der Waals surface area contributed by atoms with Crippen molar-refractivity contribution in [1.29, 1.82) is 0 Å². The van der Waals surface area contributed by atoms with Gasteiger partial charge in [-0.2, -0.15) is 4.31 Å². The number of rotatable bonds is 8. The smallest absolute Gasteiger partial charge is 0.243 e. The lowest BCUT2D eigenvalue weighted by atomic mass is 9.99. The Morgan fingerprint density at radius 3 is 2.00 bits per heavy atom. The van der Waals surface area contributed by atoms with Gasteiger partial charge in [0.15, 0.2) is 0 Å². The first-order valence-corrected chi connectivity index (χ1v) is 11.3. The third kappa shape index (κ3) is 5.31. The van der Waals surface area contributed by atoms with E-state index in [1.54, 1.807) is 19.1 Å². The van der Waals surface area contributed by atoms with Crippen molar-refractivity contribution in [3.05, 3.63) is 95.6 Å². The highest BCUT2D eigenvalue weighted by atomic mass is 32.2. The third-order valence-electron chi connectivity index (χ3n) is 5.01. The second kappa shape index (κ2) is 9.76. The van der Waals surface area contributed by atoms with Gasteiger partial charge >= 0.3 is 0 Å². The van der Waals surface area contributed by atoms with E-state index in [2.05, 4.69) is 5.32 Å². The molecule has 0 spiro atoms. The molecule has 3 rings (SSSR count). The van der Waals surface area contributed by atoms with E-state index in [9.17, 15) is 13.2 Å². The van der Waals surface area contributed by atoms with Gasteiger partial charge in [-0.15, -0.1) is 0 Å². The number of aryl methyl sites for hydroxylation is 1. The molecule has 3 aromatic rings. The van der Waals surface area contributed by atoms with E-state index >= 15 is 0 Å². The molecule has 0 radical (unpaired) electrons. The van der Waals surface area contributed by atoms with Crippen LogP contribution in [0.3, 0.4) is 0 Å². The molecule has 1 N–H and O–H groups in total. The van der Waals surface area contributed by atoms with Gasteiger partial charge in [0.1, 0.15) is 5.75 Å². The van der Waals surface area contributed by atoms with Crippen molar-refractivity contribution < 1.29 is 17.9 Å². The van der Waals surface area contributed by atoms with Crippen molar-refractivity contribution >= 4 is 15.9 Å². The van der Waals surface area contributed by atoms with Crippen LogP contribution in [-0.2, 0) is 14.8 Å². The van der Waals surface area contributed by atoms with Crippen molar-refractivity contribution in [2.24, 2.45) is 0 Å². The van der Waals surface area contributed by atoms with Gasteiger partial charge < -0.3 is 10.1 Å². The number of carbonyl (C=O) groups is 1. The highest BCUT2D eigenvalue weighted by molar-refractivity contribution is 7.89. The molecule has 0 atom stereocenters. The monoisotopic (exact) mass is 438 g/mol. The maximum atomic E-state index is 13.0. The second-order valence-corrected chi connectivity index (χ2v) is 9.26. The molecule has 0 unspecified atom stereocenters. The predicted molar refractivity (Wildman–Crippen MR) is 120 cm³/mol. The predicted octanol–water partition coefficient (Wildman–Crippen LogP) is 3.53. The number of likely N-dealkylation sites (N-methyl/N-ethyl adjacent to an activating group) is 1. The average molecular weight is 439 g/mol. The summed E-state index contributed by atoms with van der Waals surface area (Å²) in [6, 6.07) is 23.4. The van der Waals surface area contributed by atoms with Crippen LogP contribution in [0.4, 0.5) is 0 Å². The highest BCUT2D eigenvalue weighted by Gasteiger charge is 2.25. The molecule has 0 aliphatic heterocycles. The molecule has 0 aliphatic carbocycles. The van der Waals surface area contributed by atoms with Crippen LogP contribution in [0.15, 0.2) is 83.8 Å². The summed E-state index contributed by atoms with van der Waals surface area (Å²) in [6.07, 6.45) is 0. The first kappa shape index (κ1) is 22.5. The molecule has 3 aromatic carbocycles. The van der Waals surface area contributed by atoms with Crippen molar-refractivity contribution in [1.82, 2.24) is 9.62 Å². The Morgan fingerprint density at radius 2 is 1.52 bits per heavy atom. The van der Waals surface area contributed by atoms with E-state index in [4.69, 9.17) is 4.74 Å². The lowest BCUT2D eigenvalue weighted by Gasteiger charge is -2.22. The number of hydrogen-bond donors (Lipinski definition) is 1. The Balaban J connectivity index is 1.78. The number of sulfonamides is 1. The van der Waals surface area contributed by atoms with Crippen LogP contribution >= 0.6 is 0 Å². The minimum absolute atomic E-state index is 0.115. The summed E-state index contributed by atoms with van der Waals surface area (Å²) < 4.78 is 32.1. The molecule has 0 bridgehead atoms. The van der Waals surface area contributed by atoms with Gasteiger partial charge in [-0.1, -0.05) is 60.7 Å². The summed E-state index contributed by atoms with van der Waals surface area (Å²) in [6.45, 7) is 1.47. The Labute approximate surface area is 183 Å². The summed E-state index contributed by atoms with van der Waals surface area (Å²) in [5.41, 5.74) is 2.53. The molecule has 0 aliphatic rings. The minimum atomic E-state index is -3.83. The van der Waals surface area contributed by atoms with Crippen LogP contribution in [0.1, 0.15) is 22.7 Å². The fraction of sp³-hybridized carbons (Fsp3) is 0.208. The molecule has 0 saturated heterocycles. The summed E-state index contributed by atoms with van der Waals surface area (Å²) in [5.74, 6) is 0.210.